The van der Waals surface area contributed by atoms with Crippen LogP contribution in [0.3, 0.4) is 0 Å². The first-order valence-corrected chi connectivity index (χ1v) is 7.83. The van der Waals surface area contributed by atoms with Gasteiger partial charge in [0.15, 0.2) is 0 Å². The van der Waals surface area contributed by atoms with E-state index in [0.29, 0.717) is 5.92 Å². The summed E-state index contributed by atoms with van der Waals surface area (Å²) in [5.41, 5.74) is 2.02. The maximum Gasteiger partial charge on any atom is 0.292 e. The summed E-state index contributed by atoms with van der Waals surface area (Å²) in [7, 11) is 0. The van der Waals surface area contributed by atoms with E-state index in [-0.39, 0.29) is 10.6 Å². The van der Waals surface area contributed by atoms with Crippen molar-refractivity contribution in [3.05, 3.63) is 33.9 Å². The second kappa shape index (κ2) is 7.41. The average molecular weight is 291 g/mol. The van der Waals surface area contributed by atoms with Crippen LogP contribution in [0, 0.1) is 23.0 Å². The summed E-state index contributed by atoms with van der Waals surface area (Å²) in [4.78, 5) is 13.3. The molecule has 1 aliphatic heterocycles. The fourth-order valence-electron chi connectivity index (χ4n) is 3.16. The van der Waals surface area contributed by atoms with Crippen molar-refractivity contribution in [2.24, 2.45) is 5.92 Å². The van der Waals surface area contributed by atoms with E-state index >= 15 is 0 Å². The Kier molecular flexibility index (Phi) is 5.56. The first-order chi connectivity index (χ1) is 10.1. The molecule has 0 saturated carbocycles. The van der Waals surface area contributed by atoms with E-state index in [1.807, 2.05) is 13.0 Å². The van der Waals surface area contributed by atoms with Crippen molar-refractivity contribution in [3.8, 4) is 0 Å². The van der Waals surface area contributed by atoms with E-state index < -0.39 is 0 Å². The van der Waals surface area contributed by atoms with Gasteiger partial charge in [0.25, 0.3) is 5.69 Å². The summed E-state index contributed by atoms with van der Waals surface area (Å²) in [6.45, 7) is 7.95. The largest absolute Gasteiger partial charge is 0.365 e. The number of benzene rings is 1. The Bertz CT molecular complexity index is 484. The first kappa shape index (κ1) is 15.8. The molecule has 116 valence electrons. The first-order valence-electron chi connectivity index (χ1n) is 7.83. The van der Waals surface area contributed by atoms with Crippen LogP contribution in [0.15, 0.2) is 18.2 Å². The van der Waals surface area contributed by atoms with Gasteiger partial charge >= 0.3 is 0 Å². The molecule has 1 aliphatic rings. The molecule has 1 aromatic rings. The van der Waals surface area contributed by atoms with E-state index in [1.54, 1.807) is 12.1 Å². The Morgan fingerprint density at radius 3 is 2.90 bits per heavy atom. The number of nitrogens with one attached hydrogen (secondary N) is 1. The number of hydrogen-bond acceptors (Lipinski definition) is 4. The van der Waals surface area contributed by atoms with Gasteiger partial charge in [0.05, 0.1) is 4.92 Å². The van der Waals surface area contributed by atoms with Crippen molar-refractivity contribution in [1.29, 1.82) is 0 Å². The van der Waals surface area contributed by atoms with Crippen LogP contribution >= 0.6 is 0 Å². The van der Waals surface area contributed by atoms with Crippen LogP contribution in [0.4, 0.5) is 11.4 Å². The molecule has 2 rings (SSSR count). The van der Waals surface area contributed by atoms with Crippen molar-refractivity contribution < 1.29 is 4.92 Å². The van der Waals surface area contributed by atoms with Crippen LogP contribution in [0.5, 0.6) is 0 Å². The molecule has 0 aromatic heterocycles. The maximum absolute atomic E-state index is 11.3. The van der Waals surface area contributed by atoms with E-state index in [9.17, 15) is 10.1 Å². The fourth-order valence-corrected chi connectivity index (χ4v) is 3.16. The third kappa shape index (κ3) is 3.94. The van der Waals surface area contributed by atoms with Crippen LogP contribution in [0.25, 0.3) is 0 Å². The monoisotopic (exact) mass is 291 g/mol. The maximum atomic E-state index is 11.3. The second-order valence-corrected chi connectivity index (χ2v) is 5.86. The number of nitro groups is 1. The topological polar surface area (TPSA) is 58.4 Å². The molecular formula is C16H25N3O2. The molecular weight excluding hydrogens is 266 g/mol. The van der Waals surface area contributed by atoms with Crippen LogP contribution in [0.1, 0.15) is 31.7 Å². The summed E-state index contributed by atoms with van der Waals surface area (Å²) >= 11 is 0. The lowest BCUT2D eigenvalue weighted by atomic mass is 9.98. The van der Waals surface area contributed by atoms with Crippen molar-refractivity contribution in [3.63, 3.8) is 0 Å². The predicted molar refractivity (Wildman–Crippen MR) is 85.9 cm³/mol. The molecule has 1 fully saturated rings. The highest BCUT2D eigenvalue weighted by atomic mass is 16.6. The molecule has 21 heavy (non-hydrogen) atoms. The molecule has 0 amide bonds. The minimum absolute atomic E-state index is 0.229. The van der Waals surface area contributed by atoms with Gasteiger partial charge in [-0.25, -0.2) is 0 Å². The minimum Gasteiger partial charge on any atom is -0.365 e. The Balaban J connectivity index is 2.26. The van der Waals surface area contributed by atoms with Gasteiger partial charge in [-0.15, -0.1) is 0 Å². The van der Waals surface area contributed by atoms with Gasteiger partial charge in [-0.3, -0.25) is 10.1 Å². The van der Waals surface area contributed by atoms with E-state index in [2.05, 4.69) is 17.1 Å². The number of aryl methyl sites for hydroxylation is 1. The van der Waals surface area contributed by atoms with Crippen molar-refractivity contribution >= 4 is 11.4 Å². The molecule has 1 heterocycles. The quantitative estimate of drug-likeness (QED) is 0.646. The van der Waals surface area contributed by atoms with Gasteiger partial charge in [-0.2, -0.15) is 0 Å². The lowest BCUT2D eigenvalue weighted by Gasteiger charge is -2.32. The SMILES string of the molecule is CCCN(CC1CCCNC1)c1c(C)cccc1[N+](=O)[O-]. The summed E-state index contributed by atoms with van der Waals surface area (Å²) in [5.74, 6) is 0.574. The van der Waals surface area contributed by atoms with Gasteiger partial charge in [0.2, 0.25) is 0 Å². The zero-order valence-corrected chi connectivity index (χ0v) is 13.0. The van der Waals surface area contributed by atoms with Gasteiger partial charge in [0.1, 0.15) is 5.69 Å². The molecule has 1 atom stereocenters. The summed E-state index contributed by atoms with van der Waals surface area (Å²) in [6.07, 6.45) is 3.39. The van der Waals surface area contributed by atoms with E-state index in [4.69, 9.17) is 0 Å². The van der Waals surface area contributed by atoms with Crippen LogP contribution in [0.2, 0.25) is 0 Å². The third-order valence-corrected chi connectivity index (χ3v) is 4.10. The number of nitrogens with zero attached hydrogens (tertiary/aromatic N) is 2. The minimum atomic E-state index is -0.260. The number of hydrogen-bond donors (Lipinski definition) is 1. The number of piperidine rings is 1. The molecule has 1 aromatic carbocycles. The highest BCUT2D eigenvalue weighted by Crippen LogP contribution is 2.32. The van der Waals surface area contributed by atoms with Crippen molar-refractivity contribution in [2.45, 2.75) is 33.1 Å². The van der Waals surface area contributed by atoms with Gasteiger partial charge < -0.3 is 10.2 Å². The molecule has 5 nitrogen and oxygen atoms in total. The second-order valence-electron chi connectivity index (χ2n) is 5.86. The highest BCUT2D eigenvalue weighted by molar-refractivity contribution is 5.67. The lowest BCUT2D eigenvalue weighted by Crippen LogP contribution is -2.39. The molecule has 0 spiro atoms. The molecule has 0 aliphatic carbocycles. The zero-order valence-electron chi connectivity index (χ0n) is 13.0. The number of nitro benzene ring substituents is 1. The number of anilines is 1. The summed E-state index contributed by atoms with van der Waals surface area (Å²) in [5, 5.41) is 14.8. The van der Waals surface area contributed by atoms with Crippen molar-refractivity contribution in [1.82, 2.24) is 5.32 Å². The molecule has 1 N–H and O–H groups in total. The molecule has 0 bridgehead atoms. The lowest BCUT2D eigenvalue weighted by molar-refractivity contribution is -0.384. The van der Waals surface area contributed by atoms with Gasteiger partial charge in [-0.05, 0) is 50.8 Å². The van der Waals surface area contributed by atoms with Gasteiger partial charge in [-0.1, -0.05) is 19.1 Å². The summed E-state index contributed by atoms with van der Waals surface area (Å²) in [6, 6.07) is 5.34. The number of rotatable bonds is 6. The summed E-state index contributed by atoms with van der Waals surface area (Å²) < 4.78 is 0. The average Bonchev–Trinajstić information content (AvgIpc) is 2.47. The van der Waals surface area contributed by atoms with Crippen LogP contribution in [-0.4, -0.2) is 31.1 Å². The Labute approximate surface area is 126 Å². The number of para-hydroxylation sites is 1. The van der Waals surface area contributed by atoms with Crippen LogP contribution < -0.4 is 10.2 Å². The Hall–Kier alpha value is -1.62. The van der Waals surface area contributed by atoms with E-state index in [0.717, 1.165) is 43.9 Å². The molecule has 0 radical (unpaired) electrons. The van der Waals surface area contributed by atoms with Gasteiger partial charge in [0, 0.05) is 19.2 Å². The van der Waals surface area contributed by atoms with E-state index in [1.165, 1.54) is 12.8 Å². The molecule has 1 unspecified atom stereocenters. The highest BCUT2D eigenvalue weighted by Gasteiger charge is 2.24. The predicted octanol–water partition coefficient (Wildman–Crippen LogP) is 3.12. The fraction of sp³-hybridized carbons (Fsp3) is 0.625. The molecule has 1 saturated heterocycles. The normalized spacial score (nSPS) is 18.5. The Morgan fingerprint density at radius 2 is 2.29 bits per heavy atom. The van der Waals surface area contributed by atoms with Crippen LogP contribution in [-0.2, 0) is 0 Å². The van der Waals surface area contributed by atoms with Crippen molar-refractivity contribution in [2.75, 3.05) is 31.1 Å². The Morgan fingerprint density at radius 1 is 1.48 bits per heavy atom. The zero-order chi connectivity index (χ0) is 15.2. The molecule has 5 heteroatoms. The standard InChI is InChI=1S/C16H25N3O2/c1-3-10-18(12-14-7-5-9-17-11-14)16-13(2)6-4-8-15(16)19(20)21/h4,6,8,14,17H,3,5,7,9-12H2,1-2H3. The third-order valence-electron chi connectivity index (χ3n) is 4.10. The smallest absolute Gasteiger partial charge is 0.292 e.